The third-order valence-electron chi connectivity index (χ3n) is 5.29. The zero-order valence-corrected chi connectivity index (χ0v) is 19.1. The molecule has 2 aliphatic rings. The first-order valence-electron chi connectivity index (χ1n) is 10.0. The molecule has 0 unspecified atom stereocenters. The van der Waals surface area contributed by atoms with Crippen molar-refractivity contribution in [2.24, 2.45) is 0 Å². The Hall–Kier alpha value is -2.84. The van der Waals surface area contributed by atoms with Crippen LogP contribution in [-0.4, -0.2) is 31.3 Å². The van der Waals surface area contributed by atoms with E-state index in [1.165, 1.54) is 24.5 Å². The highest BCUT2D eigenvalue weighted by atomic mass is 32.1. The highest BCUT2D eigenvalue weighted by Crippen LogP contribution is 2.45. The number of carbonyl (C=O) groups excluding carboxylic acids is 2. The summed E-state index contributed by atoms with van der Waals surface area (Å²) in [5, 5.41) is 7.00. The molecule has 0 spiro atoms. The molecule has 164 valence electrons. The summed E-state index contributed by atoms with van der Waals surface area (Å²) in [5.74, 6) is 0.568. The van der Waals surface area contributed by atoms with E-state index in [0.717, 1.165) is 16.0 Å². The Morgan fingerprint density at radius 3 is 2.68 bits per heavy atom. The topological polar surface area (TPSA) is 85.9 Å². The molecule has 31 heavy (non-hydrogen) atoms. The van der Waals surface area contributed by atoms with Crippen LogP contribution >= 0.6 is 11.3 Å². The molecule has 0 radical (unpaired) electrons. The van der Waals surface area contributed by atoms with Crippen LogP contribution in [0.1, 0.15) is 54.1 Å². The fraction of sp³-hybridized carbons (Fsp3) is 0.391. The van der Waals surface area contributed by atoms with Crippen LogP contribution in [0.25, 0.3) is 6.08 Å². The molecule has 0 saturated heterocycles. The fourth-order valence-corrected chi connectivity index (χ4v) is 5.54. The highest BCUT2D eigenvalue weighted by Gasteiger charge is 2.42. The van der Waals surface area contributed by atoms with Crippen molar-refractivity contribution in [1.82, 2.24) is 5.32 Å². The molecule has 8 heteroatoms. The van der Waals surface area contributed by atoms with Crippen LogP contribution in [-0.2, 0) is 21.5 Å². The van der Waals surface area contributed by atoms with Gasteiger partial charge in [0.25, 0.3) is 0 Å². The molecule has 0 bridgehead atoms. The van der Waals surface area contributed by atoms with Crippen LogP contribution in [0, 0.1) is 0 Å². The monoisotopic (exact) mass is 442 g/mol. The van der Waals surface area contributed by atoms with Crippen LogP contribution in [0.3, 0.4) is 0 Å². The summed E-state index contributed by atoms with van der Waals surface area (Å²) < 4.78 is 15.7. The maximum Gasteiger partial charge on any atom is 0.341 e. The number of fused-ring (bicyclic) bond motifs is 2. The zero-order valence-electron chi connectivity index (χ0n) is 18.3. The number of thiophene rings is 1. The first kappa shape index (κ1) is 21.4. The summed E-state index contributed by atoms with van der Waals surface area (Å²) in [6.45, 7) is 8.56. The molecule has 7 nitrogen and oxygen atoms in total. The summed E-state index contributed by atoms with van der Waals surface area (Å²) in [5.41, 5.74) is 1.65. The Morgan fingerprint density at radius 2 is 1.94 bits per heavy atom. The molecule has 1 amide bonds. The number of amides is 1. The molecular weight excluding hydrogens is 416 g/mol. The highest BCUT2D eigenvalue weighted by molar-refractivity contribution is 7.17. The molecule has 0 aliphatic carbocycles. The minimum atomic E-state index is -0.443. The summed E-state index contributed by atoms with van der Waals surface area (Å²) in [4.78, 5) is 26.3. The van der Waals surface area contributed by atoms with E-state index in [-0.39, 0.29) is 23.8 Å². The van der Waals surface area contributed by atoms with Crippen molar-refractivity contribution in [3.05, 3.63) is 45.8 Å². The van der Waals surface area contributed by atoms with Gasteiger partial charge in [0, 0.05) is 22.0 Å². The van der Waals surface area contributed by atoms with Gasteiger partial charge in [-0.05, 0) is 63.5 Å². The predicted molar refractivity (Wildman–Crippen MR) is 120 cm³/mol. The molecule has 1 aromatic carbocycles. The molecule has 2 aromatic rings. The number of carbonyl (C=O) groups is 2. The van der Waals surface area contributed by atoms with Crippen molar-refractivity contribution in [2.75, 3.05) is 19.2 Å². The Labute approximate surface area is 185 Å². The van der Waals surface area contributed by atoms with Gasteiger partial charge in [0.1, 0.15) is 5.00 Å². The maximum atomic E-state index is 12.7. The van der Waals surface area contributed by atoms with Crippen LogP contribution in [0.5, 0.6) is 11.5 Å². The second-order valence-electron chi connectivity index (χ2n) is 8.85. The molecule has 0 atom stereocenters. The van der Waals surface area contributed by atoms with Crippen LogP contribution < -0.4 is 20.1 Å². The number of rotatable bonds is 4. The van der Waals surface area contributed by atoms with E-state index in [1.807, 2.05) is 12.1 Å². The van der Waals surface area contributed by atoms with Gasteiger partial charge in [-0.25, -0.2) is 4.79 Å². The number of benzene rings is 1. The van der Waals surface area contributed by atoms with Gasteiger partial charge in [0.15, 0.2) is 11.5 Å². The van der Waals surface area contributed by atoms with Crippen LogP contribution in [0.4, 0.5) is 5.00 Å². The minimum Gasteiger partial charge on any atom is -0.465 e. The Kier molecular flexibility index (Phi) is 5.31. The van der Waals surface area contributed by atoms with Gasteiger partial charge in [-0.1, -0.05) is 6.07 Å². The average Bonchev–Trinajstić information content (AvgIpc) is 3.28. The van der Waals surface area contributed by atoms with Crippen molar-refractivity contribution < 1.29 is 23.8 Å². The summed E-state index contributed by atoms with van der Waals surface area (Å²) in [6, 6.07) is 5.46. The van der Waals surface area contributed by atoms with Crippen molar-refractivity contribution in [3.8, 4) is 11.5 Å². The number of esters is 1. The number of ether oxygens (including phenoxy) is 3. The van der Waals surface area contributed by atoms with Crippen molar-refractivity contribution in [2.45, 2.75) is 45.2 Å². The number of methoxy groups -OCH3 is 1. The van der Waals surface area contributed by atoms with Crippen molar-refractivity contribution in [3.63, 3.8) is 0 Å². The number of hydrogen-bond acceptors (Lipinski definition) is 7. The first-order valence-corrected chi connectivity index (χ1v) is 10.8. The van der Waals surface area contributed by atoms with Gasteiger partial charge >= 0.3 is 5.97 Å². The third-order valence-corrected chi connectivity index (χ3v) is 6.77. The third kappa shape index (κ3) is 4.18. The lowest BCUT2D eigenvalue weighted by molar-refractivity contribution is -0.111. The summed E-state index contributed by atoms with van der Waals surface area (Å²) in [6.07, 6.45) is 3.79. The van der Waals surface area contributed by atoms with E-state index in [0.29, 0.717) is 28.5 Å². The quantitative estimate of drug-likeness (QED) is 0.548. The van der Waals surface area contributed by atoms with E-state index in [2.05, 4.69) is 38.3 Å². The van der Waals surface area contributed by atoms with Crippen LogP contribution in [0.2, 0.25) is 0 Å². The second kappa shape index (κ2) is 7.69. The number of nitrogens with one attached hydrogen (secondary N) is 2. The van der Waals surface area contributed by atoms with E-state index >= 15 is 0 Å². The van der Waals surface area contributed by atoms with Crippen LogP contribution in [0.15, 0.2) is 24.3 Å². The lowest BCUT2D eigenvalue weighted by atomic mass is 9.81. The van der Waals surface area contributed by atoms with E-state index in [4.69, 9.17) is 14.2 Å². The van der Waals surface area contributed by atoms with E-state index in [1.54, 1.807) is 12.1 Å². The zero-order chi connectivity index (χ0) is 22.4. The Morgan fingerprint density at radius 1 is 1.19 bits per heavy atom. The summed E-state index contributed by atoms with van der Waals surface area (Å²) in [7, 11) is 1.36. The summed E-state index contributed by atoms with van der Waals surface area (Å²) >= 11 is 1.41. The van der Waals surface area contributed by atoms with Crippen molar-refractivity contribution in [1.29, 1.82) is 0 Å². The van der Waals surface area contributed by atoms with Gasteiger partial charge in [-0.3, -0.25) is 4.79 Å². The van der Waals surface area contributed by atoms with Gasteiger partial charge < -0.3 is 24.8 Å². The molecule has 1 aromatic heterocycles. The molecule has 0 saturated carbocycles. The smallest absolute Gasteiger partial charge is 0.341 e. The van der Waals surface area contributed by atoms with Gasteiger partial charge in [-0.15, -0.1) is 11.3 Å². The Bertz CT molecular complexity index is 1080. The van der Waals surface area contributed by atoms with E-state index in [9.17, 15) is 9.59 Å². The number of anilines is 1. The lowest BCUT2D eigenvalue weighted by Gasteiger charge is -2.42. The molecule has 3 heterocycles. The lowest BCUT2D eigenvalue weighted by Crippen LogP contribution is -2.55. The standard InChI is InChI=1S/C23H26N2O5S/c1-22(2)11-14-18(21(27)28-5)20(31-19(14)23(3,4)25-22)24-17(26)9-7-13-6-8-15-16(10-13)30-12-29-15/h6-10,25H,11-12H2,1-5H3,(H,24,26)/b9-7+. The van der Waals surface area contributed by atoms with Gasteiger partial charge in [0.05, 0.1) is 12.7 Å². The number of hydrogen-bond donors (Lipinski definition) is 2. The predicted octanol–water partition coefficient (Wildman–Crippen LogP) is 4.07. The van der Waals surface area contributed by atoms with E-state index < -0.39 is 5.97 Å². The second-order valence-corrected chi connectivity index (χ2v) is 9.87. The average molecular weight is 443 g/mol. The largest absolute Gasteiger partial charge is 0.465 e. The fourth-order valence-electron chi connectivity index (χ4n) is 4.28. The normalized spacial score (nSPS) is 18.0. The molecule has 2 aliphatic heterocycles. The maximum absolute atomic E-state index is 12.7. The first-order chi connectivity index (χ1) is 14.6. The van der Waals surface area contributed by atoms with Gasteiger partial charge in [0.2, 0.25) is 12.7 Å². The molecule has 2 N–H and O–H groups in total. The Balaban J connectivity index is 1.61. The SMILES string of the molecule is COC(=O)c1c(NC(=O)/C=C/c2ccc3c(c2)OCO3)sc2c1CC(C)(C)NC2(C)C. The molecular formula is C23H26N2O5S. The molecule has 0 fully saturated rings. The minimum absolute atomic E-state index is 0.194. The van der Waals surface area contributed by atoms with Gasteiger partial charge in [-0.2, -0.15) is 0 Å². The van der Waals surface area contributed by atoms with Crippen molar-refractivity contribution >= 4 is 34.3 Å². The molecule has 4 rings (SSSR count).